The van der Waals surface area contributed by atoms with E-state index in [0.717, 1.165) is 24.8 Å². The van der Waals surface area contributed by atoms with Crippen LogP contribution in [0.15, 0.2) is 24.3 Å². The summed E-state index contributed by atoms with van der Waals surface area (Å²) in [6.45, 7) is 4.59. The maximum absolute atomic E-state index is 13.3. The highest BCUT2D eigenvalue weighted by atomic mass is 32.2. The van der Waals surface area contributed by atoms with Gasteiger partial charge in [0, 0.05) is 25.7 Å². The second-order valence-electron chi connectivity index (χ2n) is 7.29. The standard InChI is InChI=1S/C18H30FN3O2S/c1-14(2)9-11-25(23,24)22(3)10-5-8-17-13-18(21-20-17)15-6-4-7-16(19)12-15/h4,6-7,12,14,17-18,20-21H,5,8-11,13H2,1-3H3. The monoisotopic (exact) mass is 371 g/mol. The van der Waals surface area contributed by atoms with Crippen LogP contribution in [0.1, 0.15) is 51.1 Å². The molecule has 2 N–H and O–H groups in total. The lowest BCUT2D eigenvalue weighted by atomic mass is 10.00. The van der Waals surface area contributed by atoms with Gasteiger partial charge in [-0.3, -0.25) is 10.9 Å². The van der Waals surface area contributed by atoms with Gasteiger partial charge < -0.3 is 0 Å². The van der Waals surface area contributed by atoms with Crippen LogP contribution < -0.4 is 10.9 Å². The molecule has 0 saturated carbocycles. The van der Waals surface area contributed by atoms with Crippen molar-refractivity contribution in [2.24, 2.45) is 5.92 Å². The number of benzene rings is 1. The largest absolute Gasteiger partial charge is 0.254 e. The molecule has 0 amide bonds. The second kappa shape index (κ2) is 9.07. The summed E-state index contributed by atoms with van der Waals surface area (Å²) in [5.74, 6) is 0.374. The van der Waals surface area contributed by atoms with E-state index in [0.29, 0.717) is 18.9 Å². The predicted octanol–water partition coefficient (Wildman–Crippen LogP) is 2.82. The predicted molar refractivity (Wildman–Crippen MR) is 98.9 cm³/mol. The van der Waals surface area contributed by atoms with Crippen molar-refractivity contribution in [3.63, 3.8) is 0 Å². The van der Waals surface area contributed by atoms with Gasteiger partial charge in [0.2, 0.25) is 10.0 Å². The zero-order valence-corrected chi connectivity index (χ0v) is 16.2. The smallest absolute Gasteiger partial charge is 0.213 e. The Morgan fingerprint density at radius 3 is 2.76 bits per heavy atom. The molecule has 0 radical (unpaired) electrons. The van der Waals surface area contributed by atoms with Crippen molar-refractivity contribution in [2.45, 2.75) is 51.6 Å². The first kappa shape index (κ1) is 20.3. The Morgan fingerprint density at radius 2 is 2.08 bits per heavy atom. The summed E-state index contributed by atoms with van der Waals surface area (Å²) in [5, 5.41) is 0. The number of hydrogen-bond donors (Lipinski definition) is 2. The van der Waals surface area contributed by atoms with E-state index in [-0.39, 0.29) is 23.7 Å². The lowest BCUT2D eigenvalue weighted by molar-refractivity contribution is 0.425. The number of hydrogen-bond acceptors (Lipinski definition) is 4. The molecule has 2 atom stereocenters. The summed E-state index contributed by atoms with van der Waals surface area (Å²) >= 11 is 0. The number of rotatable bonds is 9. The third kappa shape index (κ3) is 6.33. The van der Waals surface area contributed by atoms with E-state index < -0.39 is 10.0 Å². The second-order valence-corrected chi connectivity index (χ2v) is 9.49. The fourth-order valence-electron chi connectivity index (χ4n) is 2.99. The first-order valence-electron chi connectivity index (χ1n) is 8.98. The van der Waals surface area contributed by atoms with Crippen LogP contribution in [0.5, 0.6) is 0 Å². The van der Waals surface area contributed by atoms with Crippen LogP contribution in [0, 0.1) is 11.7 Å². The van der Waals surface area contributed by atoms with Crippen LogP contribution in [0.2, 0.25) is 0 Å². The van der Waals surface area contributed by atoms with Crippen molar-refractivity contribution in [2.75, 3.05) is 19.3 Å². The summed E-state index contributed by atoms with van der Waals surface area (Å²) in [7, 11) is -1.50. The molecular formula is C18H30FN3O2S. The molecule has 1 fully saturated rings. The third-order valence-electron chi connectivity index (χ3n) is 4.69. The Bertz CT molecular complexity index is 651. The van der Waals surface area contributed by atoms with E-state index in [9.17, 15) is 12.8 Å². The van der Waals surface area contributed by atoms with Gasteiger partial charge in [-0.05, 0) is 49.3 Å². The SMILES string of the molecule is CC(C)CCS(=O)(=O)N(C)CCCC1CC(c2cccc(F)c2)NN1. The minimum absolute atomic E-state index is 0.0909. The maximum atomic E-state index is 13.3. The normalized spacial score (nSPS) is 21.4. The highest BCUT2D eigenvalue weighted by Crippen LogP contribution is 2.24. The number of halogens is 1. The van der Waals surface area contributed by atoms with Crippen LogP contribution in [-0.2, 0) is 10.0 Å². The minimum atomic E-state index is -3.15. The molecule has 142 valence electrons. The van der Waals surface area contributed by atoms with Crippen molar-refractivity contribution >= 4 is 10.0 Å². The Labute approximate surface area is 151 Å². The molecule has 0 aliphatic carbocycles. The molecule has 0 bridgehead atoms. The highest BCUT2D eigenvalue weighted by Gasteiger charge is 2.25. The van der Waals surface area contributed by atoms with Gasteiger partial charge in [-0.15, -0.1) is 0 Å². The average molecular weight is 372 g/mol. The molecule has 2 rings (SSSR count). The summed E-state index contributed by atoms with van der Waals surface area (Å²) in [6.07, 6.45) is 3.23. The van der Waals surface area contributed by atoms with E-state index in [1.165, 1.54) is 10.4 Å². The molecule has 2 unspecified atom stereocenters. The van der Waals surface area contributed by atoms with Crippen molar-refractivity contribution in [3.8, 4) is 0 Å². The molecule has 1 aliphatic rings. The number of nitrogens with one attached hydrogen (secondary N) is 2. The molecule has 1 aliphatic heterocycles. The molecule has 1 aromatic rings. The van der Waals surface area contributed by atoms with E-state index in [1.54, 1.807) is 19.2 Å². The number of nitrogens with zero attached hydrogens (tertiary/aromatic N) is 1. The van der Waals surface area contributed by atoms with E-state index in [2.05, 4.69) is 10.9 Å². The topological polar surface area (TPSA) is 61.4 Å². The Balaban J connectivity index is 1.74. The van der Waals surface area contributed by atoms with Gasteiger partial charge in [-0.25, -0.2) is 17.1 Å². The Hall–Kier alpha value is -1.02. The summed E-state index contributed by atoms with van der Waals surface area (Å²) in [4.78, 5) is 0. The van der Waals surface area contributed by atoms with Gasteiger partial charge in [0.1, 0.15) is 5.82 Å². The van der Waals surface area contributed by atoms with Crippen molar-refractivity contribution in [1.82, 2.24) is 15.2 Å². The van der Waals surface area contributed by atoms with Crippen LogP contribution in [0.25, 0.3) is 0 Å². The minimum Gasteiger partial charge on any atom is -0.254 e. The van der Waals surface area contributed by atoms with E-state index >= 15 is 0 Å². The maximum Gasteiger partial charge on any atom is 0.213 e. The van der Waals surface area contributed by atoms with Crippen molar-refractivity contribution in [3.05, 3.63) is 35.6 Å². The van der Waals surface area contributed by atoms with Crippen molar-refractivity contribution in [1.29, 1.82) is 0 Å². The summed E-state index contributed by atoms with van der Waals surface area (Å²) in [5.41, 5.74) is 7.37. The molecule has 7 heteroatoms. The quantitative estimate of drug-likeness (QED) is 0.701. The Kier molecular flexibility index (Phi) is 7.37. The van der Waals surface area contributed by atoms with Gasteiger partial charge in [0.25, 0.3) is 0 Å². The first-order chi connectivity index (χ1) is 11.8. The van der Waals surface area contributed by atoms with Gasteiger partial charge in [0.15, 0.2) is 0 Å². The third-order valence-corrected chi connectivity index (χ3v) is 6.57. The lowest BCUT2D eigenvalue weighted by Gasteiger charge is -2.18. The summed E-state index contributed by atoms with van der Waals surface area (Å²) < 4.78 is 39.2. The molecule has 1 heterocycles. The average Bonchev–Trinajstić information content (AvgIpc) is 3.02. The van der Waals surface area contributed by atoms with Crippen molar-refractivity contribution < 1.29 is 12.8 Å². The zero-order chi connectivity index (χ0) is 18.4. The first-order valence-corrected chi connectivity index (χ1v) is 10.6. The van der Waals surface area contributed by atoms with Gasteiger partial charge in [-0.1, -0.05) is 26.0 Å². The fraction of sp³-hybridized carbons (Fsp3) is 0.667. The molecule has 5 nitrogen and oxygen atoms in total. The molecule has 0 spiro atoms. The molecular weight excluding hydrogens is 341 g/mol. The zero-order valence-electron chi connectivity index (χ0n) is 15.3. The molecule has 0 aromatic heterocycles. The van der Waals surface area contributed by atoms with Crippen LogP contribution in [-0.4, -0.2) is 38.1 Å². The van der Waals surface area contributed by atoms with E-state index in [1.807, 2.05) is 19.9 Å². The van der Waals surface area contributed by atoms with Crippen LogP contribution in [0.4, 0.5) is 4.39 Å². The van der Waals surface area contributed by atoms with Gasteiger partial charge in [-0.2, -0.15) is 0 Å². The van der Waals surface area contributed by atoms with Gasteiger partial charge in [0.05, 0.1) is 5.75 Å². The lowest BCUT2D eigenvalue weighted by Crippen LogP contribution is -2.33. The van der Waals surface area contributed by atoms with Crippen LogP contribution >= 0.6 is 0 Å². The highest BCUT2D eigenvalue weighted by molar-refractivity contribution is 7.89. The van der Waals surface area contributed by atoms with Gasteiger partial charge >= 0.3 is 0 Å². The van der Waals surface area contributed by atoms with Crippen LogP contribution in [0.3, 0.4) is 0 Å². The number of sulfonamides is 1. The molecule has 1 saturated heterocycles. The molecule has 25 heavy (non-hydrogen) atoms. The molecule has 1 aromatic carbocycles. The number of hydrazine groups is 1. The summed E-state index contributed by atoms with van der Waals surface area (Å²) in [6, 6.07) is 6.99. The fourth-order valence-corrected chi connectivity index (χ4v) is 4.48. The Morgan fingerprint density at radius 1 is 1.32 bits per heavy atom. The van der Waals surface area contributed by atoms with E-state index in [4.69, 9.17) is 0 Å².